The summed E-state index contributed by atoms with van der Waals surface area (Å²) in [5, 5.41) is 3.20. The quantitative estimate of drug-likeness (QED) is 0.691. The first-order chi connectivity index (χ1) is 6.25. The van der Waals surface area contributed by atoms with Gasteiger partial charge in [-0.1, -0.05) is 0 Å². The molecule has 2 N–H and O–H groups in total. The molecule has 0 fully saturated rings. The van der Waals surface area contributed by atoms with E-state index in [4.69, 9.17) is 0 Å². The van der Waals surface area contributed by atoms with Gasteiger partial charge in [0, 0.05) is 29.2 Å². The Morgan fingerprint density at radius 2 is 2.38 bits per heavy atom. The molecule has 1 aliphatic heterocycles. The van der Waals surface area contributed by atoms with Crippen molar-refractivity contribution in [1.29, 1.82) is 0 Å². The van der Waals surface area contributed by atoms with Gasteiger partial charge in [0.2, 0.25) is 0 Å². The predicted octanol–water partition coefficient (Wildman–Crippen LogP) is 0.861. The molecule has 1 aromatic carbocycles. The minimum atomic E-state index is -2.23. The van der Waals surface area contributed by atoms with Crippen LogP contribution in [0.1, 0.15) is 5.56 Å². The zero-order valence-corrected chi connectivity index (χ0v) is 7.69. The number of hydrogen-bond donors (Lipinski definition) is 2. The third-order valence-corrected chi connectivity index (χ3v) is 2.42. The minimum Gasteiger partial charge on any atom is -0.755 e. The molecule has 0 amide bonds. The number of fused-ring (bicyclic) bond motifs is 1. The van der Waals surface area contributed by atoms with Gasteiger partial charge in [0.1, 0.15) is 0 Å². The van der Waals surface area contributed by atoms with Gasteiger partial charge in [-0.2, -0.15) is 0 Å². The maximum atomic E-state index is 10.3. The number of nitrogens with one attached hydrogen (secondary N) is 2. The van der Waals surface area contributed by atoms with Crippen molar-refractivity contribution in [3.05, 3.63) is 23.8 Å². The van der Waals surface area contributed by atoms with Gasteiger partial charge < -0.3 is 14.6 Å². The van der Waals surface area contributed by atoms with Gasteiger partial charge in [0.15, 0.2) is 0 Å². The van der Waals surface area contributed by atoms with Crippen LogP contribution < -0.4 is 10.0 Å². The smallest absolute Gasteiger partial charge is 0.0456 e. The van der Waals surface area contributed by atoms with Crippen LogP contribution in [0.5, 0.6) is 0 Å². The summed E-state index contributed by atoms with van der Waals surface area (Å²) in [5.74, 6) is 0. The maximum absolute atomic E-state index is 10.3. The molecule has 0 saturated heterocycles. The lowest BCUT2D eigenvalue weighted by atomic mass is 10.1. The molecule has 1 unspecified atom stereocenters. The molecule has 1 heterocycles. The molecule has 0 bridgehead atoms. The highest BCUT2D eigenvalue weighted by Gasteiger charge is 2.09. The summed E-state index contributed by atoms with van der Waals surface area (Å²) < 4.78 is 23.0. The molecule has 0 aromatic heterocycles. The zero-order chi connectivity index (χ0) is 9.26. The van der Waals surface area contributed by atoms with Crippen LogP contribution in [0.15, 0.2) is 18.2 Å². The van der Waals surface area contributed by atoms with Crippen molar-refractivity contribution in [3.63, 3.8) is 0 Å². The van der Waals surface area contributed by atoms with E-state index in [1.54, 1.807) is 6.07 Å². The molecule has 70 valence electrons. The fraction of sp³-hybridized carbons (Fsp3) is 0.250. The Hall–Kier alpha value is -1.07. The minimum absolute atomic E-state index is 0.621. The van der Waals surface area contributed by atoms with Gasteiger partial charge in [-0.25, -0.2) is 0 Å². The van der Waals surface area contributed by atoms with Crippen LogP contribution in [-0.4, -0.2) is 15.3 Å². The average Bonchev–Trinajstić information content (AvgIpc) is 2.49. The van der Waals surface area contributed by atoms with Crippen molar-refractivity contribution >= 4 is 22.6 Å². The van der Waals surface area contributed by atoms with Crippen LogP contribution in [-0.2, 0) is 17.7 Å². The van der Waals surface area contributed by atoms with Crippen LogP contribution in [0.2, 0.25) is 0 Å². The van der Waals surface area contributed by atoms with Crippen molar-refractivity contribution in [1.82, 2.24) is 0 Å². The number of benzene rings is 1. The SMILES string of the molecule is O=S([O-])Nc1ccc2c(c1)CCN2. The molecule has 13 heavy (non-hydrogen) atoms. The Bertz CT molecular complexity index is 354. The third kappa shape index (κ3) is 1.81. The van der Waals surface area contributed by atoms with Gasteiger partial charge >= 0.3 is 0 Å². The first-order valence-corrected chi connectivity index (χ1v) is 5.06. The van der Waals surface area contributed by atoms with E-state index >= 15 is 0 Å². The number of hydrogen-bond acceptors (Lipinski definition) is 3. The highest BCUT2D eigenvalue weighted by atomic mass is 32.2. The zero-order valence-electron chi connectivity index (χ0n) is 6.87. The highest BCUT2D eigenvalue weighted by Crippen LogP contribution is 2.25. The summed E-state index contributed by atoms with van der Waals surface area (Å²) in [6, 6.07) is 5.48. The summed E-state index contributed by atoms with van der Waals surface area (Å²) in [6.45, 7) is 0.930. The lowest BCUT2D eigenvalue weighted by Crippen LogP contribution is -2.02. The van der Waals surface area contributed by atoms with Crippen LogP contribution in [0.3, 0.4) is 0 Å². The molecule has 0 spiro atoms. The van der Waals surface area contributed by atoms with Gasteiger partial charge in [-0.3, -0.25) is 4.21 Å². The van der Waals surface area contributed by atoms with E-state index in [9.17, 15) is 8.76 Å². The van der Waals surface area contributed by atoms with Gasteiger partial charge in [0.05, 0.1) is 0 Å². The van der Waals surface area contributed by atoms with Crippen LogP contribution in [0, 0.1) is 0 Å². The molecule has 1 aromatic rings. The van der Waals surface area contributed by atoms with Gasteiger partial charge in [-0.05, 0) is 30.2 Å². The molecule has 0 saturated carbocycles. The first-order valence-electron chi connectivity index (χ1n) is 3.98. The highest BCUT2D eigenvalue weighted by molar-refractivity contribution is 7.80. The van der Waals surface area contributed by atoms with E-state index in [2.05, 4.69) is 10.0 Å². The van der Waals surface area contributed by atoms with Crippen LogP contribution in [0.4, 0.5) is 11.4 Å². The molecule has 0 radical (unpaired) electrons. The molecule has 0 aliphatic carbocycles. The first kappa shape index (κ1) is 8.52. The Labute approximate surface area is 78.8 Å². The van der Waals surface area contributed by atoms with Gasteiger partial charge in [-0.15, -0.1) is 0 Å². The molecule has 1 aliphatic rings. The Balaban J connectivity index is 2.25. The molecule has 5 heteroatoms. The van der Waals surface area contributed by atoms with Crippen molar-refractivity contribution in [3.8, 4) is 0 Å². The molecular formula is C8H9N2O2S-. The summed E-state index contributed by atoms with van der Waals surface area (Å²) in [4.78, 5) is 0. The number of anilines is 2. The van der Waals surface area contributed by atoms with E-state index in [-0.39, 0.29) is 0 Å². The van der Waals surface area contributed by atoms with E-state index in [0.717, 1.165) is 24.2 Å². The van der Waals surface area contributed by atoms with Gasteiger partial charge in [0.25, 0.3) is 0 Å². The standard InChI is InChI=1S/C8H10N2O2S/c11-13(12)10-7-1-2-8-6(5-7)3-4-9-8/h1-2,5,9-10H,3-4H2,(H,11,12)/p-1. The van der Waals surface area contributed by atoms with E-state index < -0.39 is 11.3 Å². The van der Waals surface area contributed by atoms with E-state index in [0.29, 0.717) is 5.69 Å². The van der Waals surface area contributed by atoms with Crippen LogP contribution >= 0.6 is 0 Å². The second-order valence-electron chi connectivity index (χ2n) is 2.89. The normalized spacial score (nSPS) is 16.1. The van der Waals surface area contributed by atoms with Crippen molar-refractivity contribution in [2.24, 2.45) is 0 Å². The Kier molecular flexibility index (Phi) is 2.20. The molecular weight excluding hydrogens is 188 g/mol. The summed E-state index contributed by atoms with van der Waals surface area (Å²) >= 11 is -2.23. The fourth-order valence-corrected chi connectivity index (χ4v) is 1.78. The number of rotatable bonds is 2. The molecule has 1 atom stereocenters. The topological polar surface area (TPSA) is 64.2 Å². The fourth-order valence-electron chi connectivity index (χ4n) is 1.46. The Morgan fingerprint density at radius 1 is 1.54 bits per heavy atom. The summed E-state index contributed by atoms with van der Waals surface area (Å²) in [5.41, 5.74) is 2.88. The average molecular weight is 197 g/mol. The van der Waals surface area contributed by atoms with Crippen molar-refractivity contribution < 1.29 is 8.76 Å². The molecule has 4 nitrogen and oxygen atoms in total. The van der Waals surface area contributed by atoms with Crippen molar-refractivity contribution in [2.45, 2.75) is 6.42 Å². The van der Waals surface area contributed by atoms with E-state index in [1.165, 1.54) is 0 Å². The largest absolute Gasteiger partial charge is 0.755 e. The second-order valence-corrected chi connectivity index (χ2v) is 3.56. The lowest BCUT2D eigenvalue weighted by molar-refractivity contribution is 0.542. The van der Waals surface area contributed by atoms with E-state index in [1.807, 2.05) is 12.1 Å². The van der Waals surface area contributed by atoms with Crippen LogP contribution in [0.25, 0.3) is 0 Å². The molecule has 2 rings (SSSR count). The summed E-state index contributed by atoms with van der Waals surface area (Å²) in [7, 11) is 0. The lowest BCUT2D eigenvalue weighted by Gasteiger charge is -2.09. The maximum Gasteiger partial charge on any atom is 0.0456 e. The Morgan fingerprint density at radius 3 is 3.15 bits per heavy atom. The second kappa shape index (κ2) is 3.35. The predicted molar refractivity (Wildman–Crippen MR) is 51.2 cm³/mol. The third-order valence-electron chi connectivity index (χ3n) is 2.02. The summed E-state index contributed by atoms with van der Waals surface area (Å²) in [6.07, 6.45) is 0.955. The van der Waals surface area contributed by atoms with Crippen molar-refractivity contribution in [2.75, 3.05) is 16.6 Å². The monoisotopic (exact) mass is 197 g/mol.